The number of carbonyl (C=O) groups excluding carboxylic acids is 1. The van der Waals surface area contributed by atoms with E-state index in [0.717, 1.165) is 6.42 Å². The van der Waals surface area contributed by atoms with Crippen molar-refractivity contribution in [1.82, 2.24) is 10.6 Å². The fraction of sp³-hybridized carbons (Fsp3) is 0.500. The molecule has 1 aromatic rings. The molecule has 0 bridgehead atoms. The summed E-state index contributed by atoms with van der Waals surface area (Å²) in [5, 5.41) is 25.0. The zero-order chi connectivity index (χ0) is 14.3. The SMILES string of the molecule is CCCNC(=O)CCNC(C)c1cc(O)ccc1O. The van der Waals surface area contributed by atoms with Crippen LogP contribution >= 0.6 is 0 Å². The van der Waals surface area contributed by atoms with Gasteiger partial charge in [0.2, 0.25) is 5.91 Å². The van der Waals surface area contributed by atoms with Gasteiger partial charge >= 0.3 is 0 Å². The van der Waals surface area contributed by atoms with Crippen molar-refractivity contribution in [2.24, 2.45) is 0 Å². The van der Waals surface area contributed by atoms with Crippen LogP contribution in [0.3, 0.4) is 0 Å². The summed E-state index contributed by atoms with van der Waals surface area (Å²) in [7, 11) is 0. The Bertz CT molecular complexity index is 421. The van der Waals surface area contributed by atoms with Crippen molar-refractivity contribution in [3.63, 3.8) is 0 Å². The molecule has 0 saturated heterocycles. The Labute approximate surface area is 113 Å². The Morgan fingerprint density at radius 2 is 2.05 bits per heavy atom. The minimum Gasteiger partial charge on any atom is -0.508 e. The Balaban J connectivity index is 2.41. The first kappa shape index (κ1) is 15.3. The summed E-state index contributed by atoms with van der Waals surface area (Å²) in [6.07, 6.45) is 1.32. The number of amides is 1. The summed E-state index contributed by atoms with van der Waals surface area (Å²) < 4.78 is 0. The van der Waals surface area contributed by atoms with Crippen LogP contribution in [-0.2, 0) is 4.79 Å². The lowest BCUT2D eigenvalue weighted by Crippen LogP contribution is -2.29. The fourth-order valence-electron chi connectivity index (χ4n) is 1.75. The zero-order valence-corrected chi connectivity index (χ0v) is 11.4. The van der Waals surface area contributed by atoms with Crippen molar-refractivity contribution >= 4 is 5.91 Å². The number of rotatable bonds is 7. The van der Waals surface area contributed by atoms with E-state index in [1.165, 1.54) is 18.2 Å². The average Bonchev–Trinajstić information content (AvgIpc) is 2.39. The van der Waals surface area contributed by atoms with E-state index in [-0.39, 0.29) is 23.4 Å². The van der Waals surface area contributed by atoms with Crippen LogP contribution in [0.15, 0.2) is 18.2 Å². The normalized spacial score (nSPS) is 12.1. The number of phenols is 2. The molecule has 19 heavy (non-hydrogen) atoms. The van der Waals surface area contributed by atoms with Gasteiger partial charge in [0.25, 0.3) is 0 Å². The number of hydrogen-bond donors (Lipinski definition) is 4. The minimum absolute atomic E-state index is 0.0154. The van der Waals surface area contributed by atoms with E-state index in [1.54, 1.807) is 0 Å². The molecule has 0 spiro atoms. The smallest absolute Gasteiger partial charge is 0.221 e. The molecular formula is C14H22N2O3. The summed E-state index contributed by atoms with van der Waals surface area (Å²) in [6, 6.07) is 4.27. The lowest BCUT2D eigenvalue weighted by Gasteiger charge is -2.15. The van der Waals surface area contributed by atoms with E-state index in [4.69, 9.17) is 0 Å². The molecule has 1 amide bonds. The van der Waals surface area contributed by atoms with Crippen LogP contribution in [0.2, 0.25) is 0 Å². The molecule has 0 aliphatic rings. The molecule has 5 nitrogen and oxygen atoms in total. The highest BCUT2D eigenvalue weighted by molar-refractivity contribution is 5.76. The van der Waals surface area contributed by atoms with E-state index in [2.05, 4.69) is 10.6 Å². The van der Waals surface area contributed by atoms with Gasteiger partial charge in [-0.05, 0) is 31.5 Å². The van der Waals surface area contributed by atoms with Crippen molar-refractivity contribution in [2.45, 2.75) is 32.7 Å². The van der Waals surface area contributed by atoms with E-state index in [1.807, 2.05) is 13.8 Å². The highest BCUT2D eigenvalue weighted by atomic mass is 16.3. The molecule has 4 N–H and O–H groups in total. The van der Waals surface area contributed by atoms with Crippen LogP contribution in [0.25, 0.3) is 0 Å². The average molecular weight is 266 g/mol. The number of benzene rings is 1. The van der Waals surface area contributed by atoms with E-state index < -0.39 is 0 Å². The molecule has 0 aromatic heterocycles. The second-order valence-electron chi connectivity index (χ2n) is 4.52. The molecule has 0 heterocycles. The molecule has 5 heteroatoms. The van der Waals surface area contributed by atoms with Gasteiger partial charge in [-0.2, -0.15) is 0 Å². The van der Waals surface area contributed by atoms with Gasteiger partial charge in [0.1, 0.15) is 11.5 Å². The topological polar surface area (TPSA) is 81.6 Å². The molecule has 106 valence electrons. The van der Waals surface area contributed by atoms with Crippen LogP contribution in [0.4, 0.5) is 0 Å². The zero-order valence-electron chi connectivity index (χ0n) is 11.4. The maximum absolute atomic E-state index is 11.4. The van der Waals surface area contributed by atoms with Crippen molar-refractivity contribution in [1.29, 1.82) is 0 Å². The standard InChI is InChI=1S/C14H22N2O3/c1-3-7-16-14(19)6-8-15-10(2)12-9-11(17)4-5-13(12)18/h4-5,9-10,15,17-18H,3,6-8H2,1-2H3,(H,16,19). The van der Waals surface area contributed by atoms with Crippen molar-refractivity contribution in [2.75, 3.05) is 13.1 Å². The summed E-state index contributed by atoms with van der Waals surface area (Å²) in [4.78, 5) is 11.4. The third-order valence-corrected chi connectivity index (χ3v) is 2.85. The predicted molar refractivity (Wildman–Crippen MR) is 74.1 cm³/mol. The lowest BCUT2D eigenvalue weighted by atomic mass is 10.1. The Morgan fingerprint density at radius 1 is 1.32 bits per heavy atom. The third kappa shape index (κ3) is 5.18. The lowest BCUT2D eigenvalue weighted by molar-refractivity contribution is -0.121. The van der Waals surface area contributed by atoms with Gasteiger partial charge in [-0.15, -0.1) is 0 Å². The summed E-state index contributed by atoms with van der Waals surface area (Å²) in [6.45, 7) is 5.09. The highest BCUT2D eigenvalue weighted by Crippen LogP contribution is 2.27. The van der Waals surface area contributed by atoms with E-state index in [0.29, 0.717) is 25.1 Å². The largest absolute Gasteiger partial charge is 0.508 e. The van der Waals surface area contributed by atoms with E-state index >= 15 is 0 Å². The second kappa shape index (κ2) is 7.63. The van der Waals surface area contributed by atoms with Gasteiger partial charge in [0.15, 0.2) is 0 Å². The first-order chi connectivity index (χ1) is 9.04. The summed E-state index contributed by atoms with van der Waals surface area (Å²) >= 11 is 0. The molecule has 0 radical (unpaired) electrons. The van der Waals surface area contributed by atoms with Gasteiger partial charge in [-0.3, -0.25) is 4.79 Å². The van der Waals surface area contributed by atoms with Gasteiger partial charge in [0.05, 0.1) is 0 Å². The quantitative estimate of drug-likeness (QED) is 0.566. The fourth-order valence-corrected chi connectivity index (χ4v) is 1.75. The number of phenolic OH excluding ortho intramolecular Hbond substituents is 2. The maximum Gasteiger partial charge on any atom is 0.221 e. The number of hydrogen-bond acceptors (Lipinski definition) is 4. The van der Waals surface area contributed by atoms with E-state index in [9.17, 15) is 15.0 Å². The van der Waals surface area contributed by atoms with Crippen LogP contribution < -0.4 is 10.6 Å². The molecule has 0 aliphatic heterocycles. The van der Waals surface area contributed by atoms with Gasteiger partial charge in [-0.1, -0.05) is 6.92 Å². The molecule has 0 fully saturated rings. The molecular weight excluding hydrogens is 244 g/mol. The number of carbonyl (C=O) groups is 1. The van der Waals surface area contributed by atoms with Gasteiger partial charge in [-0.25, -0.2) is 0 Å². The molecule has 1 unspecified atom stereocenters. The third-order valence-electron chi connectivity index (χ3n) is 2.85. The first-order valence-corrected chi connectivity index (χ1v) is 6.56. The number of nitrogens with one attached hydrogen (secondary N) is 2. The molecule has 1 rings (SSSR count). The highest BCUT2D eigenvalue weighted by Gasteiger charge is 2.11. The Hall–Kier alpha value is -1.75. The van der Waals surface area contributed by atoms with Gasteiger partial charge < -0.3 is 20.8 Å². The first-order valence-electron chi connectivity index (χ1n) is 6.56. The van der Waals surface area contributed by atoms with Crippen LogP contribution in [0.1, 0.15) is 38.3 Å². The second-order valence-corrected chi connectivity index (χ2v) is 4.52. The molecule has 1 atom stereocenters. The molecule has 0 aliphatic carbocycles. The summed E-state index contributed by atoms with van der Waals surface area (Å²) in [5.41, 5.74) is 0.619. The monoisotopic (exact) mass is 266 g/mol. The van der Waals surface area contributed by atoms with Crippen LogP contribution in [-0.4, -0.2) is 29.2 Å². The Morgan fingerprint density at radius 3 is 2.74 bits per heavy atom. The molecule has 1 aromatic carbocycles. The van der Waals surface area contributed by atoms with Crippen molar-refractivity contribution in [3.8, 4) is 11.5 Å². The van der Waals surface area contributed by atoms with Crippen molar-refractivity contribution in [3.05, 3.63) is 23.8 Å². The minimum atomic E-state index is -0.133. The predicted octanol–water partition coefficient (Wildman–Crippen LogP) is 1.66. The summed E-state index contributed by atoms with van der Waals surface area (Å²) in [5.74, 6) is 0.261. The number of aromatic hydroxyl groups is 2. The van der Waals surface area contributed by atoms with Crippen molar-refractivity contribution < 1.29 is 15.0 Å². The molecule has 0 saturated carbocycles. The van der Waals surface area contributed by atoms with Crippen LogP contribution in [0, 0.1) is 0 Å². The van der Waals surface area contributed by atoms with Gasteiger partial charge in [0, 0.05) is 31.1 Å². The maximum atomic E-state index is 11.4. The Kier molecular flexibility index (Phi) is 6.15. The van der Waals surface area contributed by atoms with Crippen LogP contribution in [0.5, 0.6) is 11.5 Å².